The number of hydrogen-bond acceptors (Lipinski definition) is 3. The maximum Gasteiger partial charge on any atom is 0.309 e. The number of carboxylic acids is 1. The molecule has 3 atom stereocenters. The lowest BCUT2D eigenvalue weighted by molar-refractivity contribution is -0.144. The Hall–Kier alpha value is -2.66. The van der Waals surface area contributed by atoms with E-state index in [1.807, 2.05) is 4.90 Å². The highest BCUT2D eigenvalue weighted by molar-refractivity contribution is 5.79. The Labute approximate surface area is 222 Å². The first-order valence-corrected chi connectivity index (χ1v) is 14.4. The van der Waals surface area contributed by atoms with Crippen LogP contribution in [-0.2, 0) is 28.9 Å². The molecule has 0 aromatic heterocycles. The van der Waals surface area contributed by atoms with Crippen LogP contribution in [0.2, 0.25) is 0 Å². The van der Waals surface area contributed by atoms with Crippen molar-refractivity contribution in [2.24, 2.45) is 5.92 Å². The fourth-order valence-corrected chi connectivity index (χ4v) is 6.23. The molecule has 37 heavy (non-hydrogen) atoms. The third-order valence-electron chi connectivity index (χ3n) is 8.42. The van der Waals surface area contributed by atoms with Crippen molar-refractivity contribution in [3.8, 4) is 0 Å². The molecule has 200 valence electrons. The number of amides is 1. The van der Waals surface area contributed by atoms with Crippen LogP contribution in [0.25, 0.3) is 0 Å². The molecule has 1 saturated heterocycles. The largest absolute Gasteiger partial charge is 0.481 e. The molecule has 0 saturated carbocycles. The molecule has 2 aromatic carbocycles. The SMILES string of the molecule is CCCCN(CCCC)C(=O)CN1CC(c2ccc3c(c2)CCC3)C(C(=O)O)C1c1ccc(CC)cc1. The molecule has 2 aromatic rings. The van der Waals surface area contributed by atoms with Gasteiger partial charge in [-0.05, 0) is 66.3 Å². The third kappa shape index (κ3) is 6.26. The van der Waals surface area contributed by atoms with Crippen LogP contribution in [0.15, 0.2) is 42.5 Å². The highest BCUT2D eigenvalue weighted by Gasteiger charge is 2.48. The first-order valence-electron chi connectivity index (χ1n) is 14.4. The van der Waals surface area contributed by atoms with Crippen LogP contribution in [0, 0.1) is 5.92 Å². The average Bonchev–Trinajstić information content (AvgIpc) is 3.53. The molecule has 1 aliphatic heterocycles. The molecule has 1 fully saturated rings. The van der Waals surface area contributed by atoms with Gasteiger partial charge in [0.2, 0.25) is 5.91 Å². The van der Waals surface area contributed by atoms with Crippen LogP contribution in [0.3, 0.4) is 0 Å². The summed E-state index contributed by atoms with van der Waals surface area (Å²) < 4.78 is 0. The first kappa shape index (κ1) is 27.4. The van der Waals surface area contributed by atoms with Crippen LogP contribution in [0.1, 0.15) is 92.7 Å². The number of unbranched alkanes of at least 4 members (excludes halogenated alkanes) is 2. The van der Waals surface area contributed by atoms with Crippen molar-refractivity contribution in [1.29, 1.82) is 0 Å². The molecule has 2 aliphatic rings. The van der Waals surface area contributed by atoms with Crippen molar-refractivity contribution >= 4 is 11.9 Å². The van der Waals surface area contributed by atoms with Gasteiger partial charge >= 0.3 is 5.97 Å². The van der Waals surface area contributed by atoms with Gasteiger partial charge in [0.25, 0.3) is 0 Å². The lowest BCUT2D eigenvalue weighted by Crippen LogP contribution is -2.42. The fraction of sp³-hybridized carbons (Fsp3) is 0.562. The van der Waals surface area contributed by atoms with Gasteiger partial charge < -0.3 is 10.0 Å². The molecule has 4 rings (SSSR count). The van der Waals surface area contributed by atoms with E-state index < -0.39 is 11.9 Å². The van der Waals surface area contributed by atoms with Gasteiger partial charge in [-0.25, -0.2) is 0 Å². The lowest BCUT2D eigenvalue weighted by Gasteiger charge is -2.30. The Morgan fingerprint density at radius 1 is 0.919 bits per heavy atom. The van der Waals surface area contributed by atoms with Gasteiger partial charge in [0.1, 0.15) is 0 Å². The lowest BCUT2D eigenvalue weighted by atomic mass is 9.82. The minimum absolute atomic E-state index is 0.121. The molecule has 3 unspecified atom stereocenters. The van der Waals surface area contributed by atoms with Crippen LogP contribution in [0.5, 0.6) is 0 Å². The summed E-state index contributed by atoms with van der Waals surface area (Å²) >= 11 is 0. The van der Waals surface area contributed by atoms with E-state index in [1.165, 1.54) is 23.1 Å². The molecule has 0 radical (unpaired) electrons. The summed E-state index contributed by atoms with van der Waals surface area (Å²) in [4.78, 5) is 30.6. The molecule has 0 bridgehead atoms. The van der Waals surface area contributed by atoms with Gasteiger partial charge in [0, 0.05) is 31.6 Å². The Balaban J connectivity index is 1.67. The predicted molar refractivity (Wildman–Crippen MR) is 149 cm³/mol. The molecule has 1 aliphatic carbocycles. The molecule has 5 nitrogen and oxygen atoms in total. The molecule has 1 heterocycles. The number of aryl methyl sites for hydroxylation is 3. The maximum atomic E-state index is 13.6. The van der Waals surface area contributed by atoms with Crippen LogP contribution in [-0.4, -0.2) is 53.0 Å². The second-order valence-corrected chi connectivity index (χ2v) is 10.9. The highest BCUT2D eigenvalue weighted by Crippen LogP contribution is 2.46. The van der Waals surface area contributed by atoms with E-state index in [0.717, 1.165) is 69.2 Å². The predicted octanol–water partition coefficient (Wildman–Crippen LogP) is 6.01. The number of carboxylic acid groups (broad SMARTS) is 1. The maximum absolute atomic E-state index is 13.6. The minimum Gasteiger partial charge on any atom is -0.481 e. The van der Waals surface area contributed by atoms with Crippen LogP contribution >= 0.6 is 0 Å². The van der Waals surface area contributed by atoms with Crippen molar-refractivity contribution in [3.05, 3.63) is 70.3 Å². The summed E-state index contributed by atoms with van der Waals surface area (Å²) in [6.07, 6.45) is 8.38. The quantitative estimate of drug-likeness (QED) is 0.385. The number of fused-ring (bicyclic) bond motifs is 1. The van der Waals surface area contributed by atoms with Gasteiger partial charge in [0.05, 0.1) is 12.5 Å². The summed E-state index contributed by atoms with van der Waals surface area (Å²) in [5.41, 5.74) is 6.10. The van der Waals surface area contributed by atoms with Gasteiger partial charge in [-0.2, -0.15) is 0 Å². The van der Waals surface area contributed by atoms with Gasteiger partial charge in [0.15, 0.2) is 0 Å². The average molecular weight is 505 g/mol. The zero-order valence-corrected chi connectivity index (χ0v) is 22.9. The Kier molecular flexibility index (Phi) is 9.42. The van der Waals surface area contributed by atoms with E-state index >= 15 is 0 Å². The van der Waals surface area contributed by atoms with Crippen molar-refractivity contribution in [1.82, 2.24) is 9.80 Å². The summed E-state index contributed by atoms with van der Waals surface area (Å²) in [7, 11) is 0. The molecule has 1 amide bonds. The smallest absolute Gasteiger partial charge is 0.309 e. The molecule has 0 spiro atoms. The summed E-state index contributed by atoms with van der Waals surface area (Å²) in [5, 5.41) is 10.5. The Bertz CT molecular complexity index is 1060. The van der Waals surface area contributed by atoms with Gasteiger partial charge in [-0.15, -0.1) is 0 Å². The normalized spacial score (nSPS) is 21.2. The van der Waals surface area contributed by atoms with Crippen molar-refractivity contribution in [2.45, 2.75) is 84.1 Å². The molecular weight excluding hydrogens is 460 g/mol. The van der Waals surface area contributed by atoms with Crippen LogP contribution in [0.4, 0.5) is 0 Å². The Morgan fingerprint density at radius 2 is 1.57 bits per heavy atom. The van der Waals surface area contributed by atoms with E-state index in [-0.39, 0.29) is 24.4 Å². The first-order chi connectivity index (χ1) is 18.0. The van der Waals surface area contributed by atoms with Crippen LogP contribution < -0.4 is 0 Å². The van der Waals surface area contributed by atoms with E-state index in [9.17, 15) is 14.7 Å². The van der Waals surface area contributed by atoms with Crippen molar-refractivity contribution < 1.29 is 14.7 Å². The minimum atomic E-state index is -0.779. The molecule has 5 heteroatoms. The second kappa shape index (κ2) is 12.7. The number of aliphatic carboxylic acids is 1. The molecular formula is C32H44N2O3. The number of rotatable bonds is 12. The monoisotopic (exact) mass is 504 g/mol. The number of benzene rings is 2. The number of carbonyl (C=O) groups is 2. The highest BCUT2D eigenvalue weighted by atomic mass is 16.4. The molecule has 1 N–H and O–H groups in total. The van der Waals surface area contributed by atoms with E-state index in [4.69, 9.17) is 0 Å². The topological polar surface area (TPSA) is 60.9 Å². The number of hydrogen-bond donors (Lipinski definition) is 1. The zero-order valence-electron chi connectivity index (χ0n) is 22.9. The number of nitrogens with zero attached hydrogens (tertiary/aromatic N) is 2. The zero-order chi connectivity index (χ0) is 26.4. The van der Waals surface area contributed by atoms with Gasteiger partial charge in [-0.1, -0.05) is 76.1 Å². The van der Waals surface area contributed by atoms with Crippen molar-refractivity contribution in [2.75, 3.05) is 26.2 Å². The standard InChI is InChI=1S/C32H44N2O3/c1-4-7-18-33(19-8-5-2)29(35)22-34-21-28(27-17-16-24-10-9-11-26(24)20-27)30(32(36)37)31(34)25-14-12-23(6-3)13-15-25/h12-17,20,28,30-31H,4-11,18-19,21-22H2,1-3H3,(H,36,37). The second-order valence-electron chi connectivity index (χ2n) is 10.9. The van der Waals surface area contributed by atoms with Crippen molar-refractivity contribution in [3.63, 3.8) is 0 Å². The van der Waals surface area contributed by atoms with Gasteiger partial charge in [-0.3, -0.25) is 14.5 Å². The van der Waals surface area contributed by atoms with E-state index in [2.05, 4.69) is 68.1 Å². The summed E-state index contributed by atoms with van der Waals surface area (Å²) in [5.74, 6) is -1.40. The number of likely N-dealkylation sites (tertiary alicyclic amines) is 1. The van der Waals surface area contributed by atoms with E-state index in [1.54, 1.807) is 0 Å². The third-order valence-corrected chi connectivity index (χ3v) is 8.42. The fourth-order valence-electron chi connectivity index (χ4n) is 6.23. The Morgan fingerprint density at radius 3 is 2.19 bits per heavy atom. The summed E-state index contributed by atoms with van der Waals surface area (Å²) in [6, 6.07) is 14.6. The summed E-state index contributed by atoms with van der Waals surface area (Å²) in [6.45, 7) is 8.82. The van der Waals surface area contributed by atoms with E-state index in [0.29, 0.717) is 6.54 Å². The number of carbonyl (C=O) groups excluding carboxylic acids is 1.